The van der Waals surface area contributed by atoms with Crippen molar-refractivity contribution in [2.75, 3.05) is 13.1 Å². The first-order chi connectivity index (χ1) is 6.19. The minimum absolute atomic E-state index is 0.215. The van der Waals surface area contributed by atoms with E-state index >= 15 is 0 Å². The van der Waals surface area contributed by atoms with Gasteiger partial charge in [-0.05, 0) is 12.8 Å². The lowest BCUT2D eigenvalue weighted by Gasteiger charge is -2.39. The second kappa shape index (κ2) is 4.61. The summed E-state index contributed by atoms with van der Waals surface area (Å²) >= 11 is 0. The summed E-state index contributed by atoms with van der Waals surface area (Å²) in [5.74, 6) is 0.215. The molecule has 2 atom stereocenters. The summed E-state index contributed by atoms with van der Waals surface area (Å²) in [6.07, 6.45) is 2.14. The molecule has 0 aromatic carbocycles. The Morgan fingerprint density at radius 3 is 2.62 bits per heavy atom. The Morgan fingerprint density at radius 1 is 1.46 bits per heavy atom. The van der Waals surface area contributed by atoms with Crippen LogP contribution in [0.2, 0.25) is 0 Å². The summed E-state index contributed by atoms with van der Waals surface area (Å²) in [4.78, 5) is 13.3. The average Bonchev–Trinajstić information content (AvgIpc) is 2.16. The molecule has 1 rings (SSSR count). The maximum atomic E-state index is 11.3. The van der Waals surface area contributed by atoms with E-state index in [0.29, 0.717) is 12.1 Å². The molecule has 0 aliphatic carbocycles. The van der Waals surface area contributed by atoms with Gasteiger partial charge >= 0.3 is 0 Å². The van der Waals surface area contributed by atoms with E-state index in [1.54, 1.807) is 6.92 Å². The van der Waals surface area contributed by atoms with Crippen molar-refractivity contribution in [1.82, 2.24) is 10.2 Å². The lowest BCUT2D eigenvalue weighted by Crippen LogP contribution is -2.57. The van der Waals surface area contributed by atoms with Crippen LogP contribution in [-0.4, -0.2) is 36.0 Å². The van der Waals surface area contributed by atoms with Gasteiger partial charge in [0.25, 0.3) is 0 Å². The van der Waals surface area contributed by atoms with Gasteiger partial charge in [-0.15, -0.1) is 0 Å². The molecule has 13 heavy (non-hydrogen) atoms. The van der Waals surface area contributed by atoms with Crippen molar-refractivity contribution in [2.24, 2.45) is 0 Å². The molecule has 1 fully saturated rings. The minimum atomic E-state index is 0.215. The zero-order valence-corrected chi connectivity index (χ0v) is 8.84. The predicted molar refractivity (Wildman–Crippen MR) is 53.5 cm³/mol. The number of nitrogens with one attached hydrogen (secondary N) is 1. The van der Waals surface area contributed by atoms with Crippen LogP contribution in [0.25, 0.3) is 0 Å². The normalized spacial score (nSPS) is 29.0. The van der Waals surface area contributed by atoms with Crippen LogP contribution in [0, 0.1) is 0 Å². The maximum absolute atomic E-state index is 11.3. The van der Waals surface area contributed by atoms with Crippen molar-refractivity contribution in [3.8, 4) is 0 Å². The summed E-state index contributed by atoms with van der Waals surface area (Å²) < 4.78 is 0. The van der Waals surface area contributed by atoms with Crippen LogP contribution < -0.4 is 5.32 Å². The van der Waals surface area contributed by atoms with E-state index in [2.05, 4.69) is 19.2 Å². The van der Waals surface area contributed by atoms with Crippen molar-refractivity contribution in [3.05, 3.63) is 0 Å². The topological polar surface area (TPSA) is 32.3 Å². The number of nitrogens with zero attached hydrogens (tertiary/aromatic N) is 1. The lowest BCUT2D eigenvalue weighted by atomic mass is 10.1. The van der Waals surface area contributed by atoms with E-state index in [1.165, 1.54) is 0 Å². The highest BCUT2D eigenvalue weighted by Crippen LogP contribution is 2.11. The van der Waals surface area contributed by atoms with Gasteiger partial charge in [0.05, 0.1) is 0 Å². The first kappa shape index (κ1) is 10.5. The Morgan fingerprint density at radius 2 is 2.15 bits per heavy atom. The Bertz CT molecular complexity index is 182. The largest absolute Gasteiger partial charge is 0.337 e. The molecule has 1 amide bonds. The molecule has 0 aromatic rings. The SMILES string of the molecule is CC[C@@H]1CN(C(C)=O)[C@H](CC)CN1. The van der Waals surface area contributed by atoms with Gasteiger partial charge in [-0.3, -0.25) is 4.79 Å². The summed E-state index contributed by atoms with van der Waals surface area (Å²) in [5, 5.41) is 3.46. The van der Waals surface area contributed by atoms with Crippen LogP contribution in [-0.2, 0) is 4.79 Å². The molecule has 1 saturated heterocycles. The quantitative estimate of drug-likeness (QED) is 0.694. The third kappa shape index (κ3) is 2.44. The monoisotopic (exact) mass is 184 g/mol. The summed E-state index contributed by atoms with van der Waals surface area (Å²) in [5.41, 5.74) is 0. The number of carbonyl (C=O) groups is 1. The zero-order valence-electron chi connectivity index (χ0n) is 8.84. The molecule has 1 aliphatic rings. The molecular weight excluding hydrogens is 164 g/mol. The fourth-order valence-electron chi connectivity index (χ4n) is 1.89. The molecule has 3 heteroatoms. The van der Waals surface area contributed by atoms with E-state index in [-0.39, 0.29) is 5.91 Å². The van der Waals surface area contributed by atoms with Crippen molar-refractivity contribution in [3.63, 3.8) is 0 Å². The number of piperazine rings is 1. The second-order valence-electron chi connectivity index (χ2n) is 3.75. The number of rotatable bonds is 2. The third-order valence-electron chi connectivity index (χ3n) is 2.87. The van der Waals surface area contributed by atoms with Gasteiger partial charge in [0, 0.05) is 32.1 Å². The van der Waals surface area contributed by atoms with Crippen molar-refractivity contribution < 1.29 is 4.79 Å². The molecule has 0 bridgehead atoms. The second-order valence-corrected chi connectivity index (χ2v) is 3.75. The number of hydrogen-bond donors (Lipinski definition) is 1. The molecule has 0 saturated carbocycles. The summed E-state index contributed by atoms with van der Waals surface area (Å²) in [6.45, 7) is 7.79. The molecule has 76 valence electrons. The maximum Gasteiger partial charge on any atom is 0.219 e. The van der Waals surface area contributed by atoms with E-state index in [1.807, 2.05) is 4.90 Å². The standard InChI is InChI=1S/C10H20N2O/c1-4-9-7-12(8(3)13)10(5-2)6-11-9/h9-11H,4-7H2,1-3H3/t9-,10-/m1/s1. The zero-order chi connectivity index (χ0) is 9.84. The van der Waals surface area contributed by atoms with Crippen molar-refractivity contribution >= 4 is 5.91 Å². The summed E-state index contributed by atoms with van der Waals surface area (Å²) in [6, 6.07) is 0.895. The van der Waals surface area contributed by atoms with Crippen LogP contribution >= 0.6 is 0 Å². The van der Waals surface area contributed by atoms with Crippen LogP contribution in [0.5, 0.6) is 0 Å². The first-order valence-electron chi connectivity index (χ1n) is 5.19. The molecule has 0 radical (unpaired) electrons. The van der Waals surface area contributed by atoms with Crippen LogP contribution in [0.4, 0.5) is 0 Å². The third-order valence-corrected chi connectivity index (χ3v) is 2.87. The summed E-state index contributed by atoms with van der Waals surface area (Å²) in [7, 11) is 0. The van der Waals surface area contributed by atoms with Gasteiger partial charge in [0.1, 0.15) is 0 Å². The van der Waals surface area contributed by atoms with Crippen molar-refractivity contribution in [1.29, 1.82) is 0 Å². The van der Waals surface area contributed by atoms with Crippen LogP contribution in [0.3, 0.4) is 0 Å². The van der Waals surface area contributed by atoms with E-state index in [9.17, 15) is 4.79 Å². The van der Waals surface area contributed by atoms with Gasteiger partial charge in [0.2, 0.25) is 5.91 Å². The van der Waals surface area contributed by atoms with Gasteiger partial charge < -0.3 is 10.2 Å². The molecule has 0 unspecified atom stereocenters. The Kier molecular flexibility index (Phi) is 3.72. The highest BCUT2D eigenvalue weighted by atomic mass is 16.2. The Hall–Kier alpha value is -0.570. The molecule has 1 N–H and O–H groups in total. The van der Waals surface area contributed by atoms with Gasteiger partial charge in [-0.25, -0.2) is 0 Å². The fraction of sp³-hybridized carbons (Fsp3) is 0.900. The predicted octanol–water partition coefficient (Wildman–Crippen LogP) is 0.995. The van der Waals surface area contributed by atoms with Crippen LogP contribution in [0.15, 0.2) is 0 Å². The van der Waals surface area contributed by atoms with Gasteiger partial charge in [0.15, 0.2) is 0 Å². The van der Waals surface area contributed by atoms with E-state index < -0.39 is 0 Å². The highest BCUT2D eigenvalue weighted by molar-refractivity contribution is 5.73. The van der Waals surface area contributed by atoms with Crippen LogP contribution in [0.1, 0.15) is 33.6 Å². The van der Waals surface area contributed by atoms with Gasteiger partial charge in [-0.1, -0.05) is 13.8 Å². The molecule has 1 aliphatic heterocycles. The van der Waals surface area contributed by atoms with Crippen molar-refractivity contribution in [2.45, 2.75) is 45.7 Å². The smallest absolute Gasteiger partial charge is 0.219 e. The van der Waals surface area contributed by atoms with E-state index in [0.717, 1.165) is 25.9 Å². The number of hydrogen-bond acceptors (Lipinski definition) is 2. The Balaban J connectivity index is 2.57. The fourth-order valence-corrected chi connectivity index (χ4v) is 1.89. The van der Waals surface area contributed by atoms with Gasteiger partial charge in [-0.2, -0.15) is 0 Å². The molecule has 0 aromatic heterocycles. The highest BCUT2D eigenvalue weighted by Gasteiger charge is 2.26. The molecule has 0 spiro atoms. The van der Waals surface area contributed by atoms with E-state index in [4.69, 9.17) is 0 Å². The molecule has 3 nitrogen and oxygen atoms in total. The lowest BCUT2D eigenvalue weighted by molar-refractivity contribution is -0.132. The average molecular weight is 184 g/mol. The number of amides is 1. The minimum Gasteiger partial charge on any atom is -0.337 e. The molecule has 1 heterocycles. The first-order valence-corrected chi connectivity index (χ1v) is 5.19. The molecular formula is C10H20N2O. The Labute approximate surface area is 80.5 Å². The number of carbonyl (C=O) groups excluding carboxylic acids is 1.